The van der Waals surface area contributed by atoms with E-state index in [-0.39, 0.29) is 57.1 Å². The molecule has 70 valence electrons. The first-order chi connectivity index (χ1) is 6.84. The molecular formula is C12H9KO2. The summed E-state index contributed by atoms with van der Waals surface area (Å²) in [5.74, 6) is 1.44. The van der Waals surface area contributed by atoms with Crippen LogP contribution in [0.25, 0.3) is 0 Å². The average molecular weight is 224 g/mol. The maximum absolute atomic E-state index is 10.8. The summed E-state index contributed by atoms with van der Waals surface area (Å²) in [6.45, 7) is 0. The third-order valence-electron chi connectivity index (χ3n) is 1.80. The van der Waals surface area contributed by atoms with Gasteiger partial charge in [-0.25, -0.2) is 0 Å². The number of benzene rings is 2. The fraction of sp³-hybridized carbons (Fsp3) is 0. The maximum atomic E-state index is 10.8. The Morgan fingerprint density at radius 3 is 1.87 bits per heavy atom. The van der Waals surface area contributed by atoms with Crippen LogP contribution in [0, 0.1) is 0 Å². The van der Waals surface area contributed by atoms with Gasteiger partial charge in [-0.05, 0) is 24.3 Å². The topological polar surface area (TPSA) is 32.3 Å². The zero-order chi connectivity index (χ0) is 9.80. The van der Waals surface area contributed by atoms with Gasteiger partial charge in [-0.15, -0.1) is 5.75 Å². The van der Waals surface area contributed by atoms with Crippen molar-refractivity contribution in [2.75, 3.05) is 0 Å². The van der Waals surface area contributed by atoms with Crippen molar-refractivity contribution in [3.8, 4) is 17.2 Å². The number of ether oxygens (including phenoxy) is 1. The molecule has 0 N–H and O–H groups in total. The summed E-state index contributed by atoms with van der Waals surface area (Å²) in [7, 11) is 0. The van der Waals surface area contributed by atoms with Gasteiger partial charge in [0.05, 0.1) is 0 Å². The first kappa shape index (κ1) is 12.7. The second-order valence-electron chi connectivity index (χ2n) is 2.89. The minimum atomic E-state index is -0.00888. The van der Waals surface area contributed by atoms with Gasteiger partial charge in [0.15, 0.2) is 0 Å². The van der Waals surface area contributed by atoms with Gasteiger partial charge in [-0.3, -0.25) is 0 Å². The van der Waals surface area contributed by atoms with Crippen molar-refractivity contribution in [2.24, 2.45) is 0 Å². The molecule has 0 unspecified atom stereocenters. The molecule has 0 spiro atoms. The smallest absolute Gasteiger partial charge is 0.872 e. The van der Waals surface area contributed by atoms with E-state index in [2.05, 4.69) is 0 Å². The van der Waals surface area contributed by atoms with Crippen molar-refractivity contribution in [1.82, 2.24) is 0 Å². The molecule has 0 atom stereocenters. The molecule has 0 saturated heterocycles. The average Bonchev–Trinajstić information content (AvgIpc) is 2.23. The van der Waals surface area contributed by atoms with Crippen molar-refractivity contribution in [3.05, 3.63) is 54.6 Å². The van der Waals surface area contributed by atoms with Crippen molar-refractivity contribution >= 4 is 0 Å². The number of hydrogen-bond donors (Lipinski definition) is 0. The first-order valence-corrected chi connectivity index (χ1v) is 4.34. The van der Waals surface area contributed by atoms with Crippen LogP contribution in [0.15, 0.2) is 54.6 Å². The maximum Gasteiger partial charge on any atom is 1.00 e. The Morgan fingerprint density at radius 2 is 1.27 bits per heavy atom. The minimum absolute atomic E-state index is 0. The molecule has 2 rings (SSSR count). The third-order valence-corrected chi connectivity index (χ3v) is 1.80. The zero-order valence-corrected chi connectivity index (χ0v) is 11.6. The summed E-state index contributed by atoms with van der Waals surface area (Å²) in [4.78, 5) is 0. The summed E-state index contributed by atoms with van der Waals surface area (Å²) in [5.41, 5.74) is 0. The molecule has 0 aliphatic rings. The van der Waals surface area contributed by atoms with Crippen LogP contribution in [-0.4, -0.2) is 0 Å². The Kier molecular flexibility index (Phi) is 5.35. The number of rotatable bonds is 2. The Bertz CT molecular complexity index is 398. The van der Waals surface area contributed by atoms with Crippen LogP contribution in [0.4, 0.5) is 0 Å². The first-order valence-electron chi connectivity index (χ1n) is 4.34. The molecule has 0 radical (unpaired) electrons. The van der Waals surface area contributed by atoms with E-state index >= 15 is 0 Å². The predicted molar refractivity (Wildman–Crippen MR) is 52.4 cm³/mol. The Labute approximate surface area is 131 Å². The summed E-state index contributed by atoms with van der Waals surface area (Å²) < 4.78 is 5.49. The monoisotopic (exact) mass is 224 g/mol. The fourth-order valence-corrected chi connectivity index (χ4v) is 1.13. The van der Waals surface area contributed by atoms with Crippen LogP contribution in [-0.2, 0) is 0 Å². The molecule has 0 bridgehead atoms. The van der Waals surface area contributed by atoms with Gasteiger partial charge in [0.25, 0.3) is 0 Å². The van der Waals surface area contributed by atoms with Crippen LogP contribution in [0.3, 0.4) is 0 Å². The second-order valence-corrected chi connectivity index (χ2v) is 2.89. The van der Waals surface area contributed by atoms with Gasteiger partial charge >= 0.3 is 51.4 Å². The van der Waals surface area contributed by atoms with E-state index in [0.717, 1.165) is 5.75 Å². The van der Waals surface area contributed by atoms with Crippen LogP contribution < -0.4 is 61.2 Å². The Hall–Kier alpha value is -0.324. The Morgan fingerprint density at radius 1 is 0.733 bits per heavy atom. The zero-order valence-electron chi connectivity index (χ0n) is 8.51. The molecule has 0 amide bonds. The van der Waals surface area contributed by atoms with Crippen LogP contribution in [0.5, 0.6) is 17.2 Å². The van der Waals surface area contributed by atoms with Gasteiger partial charge in [-0.2, -0.15) is 0 Å². The van der Waals surface area contributed by atoms with E-state index in [1.807, 2.05) is 30.3 Å². The molecule has 15 heavy (non-hydrogen) atoms. The van der Waals surface area contributed by atoms with Gasteiger partial charge < -0.3 is 9.84 Å². The SMILES string of the molecule is [K+].[O-]c1ccc(Oc2ccccc2)cc1. The van der Waals surface area contributed by atoms with E-state index in [1.54, 1.807) is 12.1 Å². The van der Waals surface area contributed by atoms with Crippen molar-refractivity contribution < 1.29 is 61.2 Å². The predicted octanol–water partition coefficient (Wildman–Crippen LogP) is -0.444. The van der Waals surface area contributed by atoms with E-state index in [4.69, 9.17) is 4.74 Å². The van der Waals surface area contributed by atoms with E-state index in [1.165, 1.54) is 12.1 Å². The molecular weight excluding hydrogens is 215 g/mol. The number of para-hydroxylation sites is 1. The van der Waals surface area contributed by atoms with Gasteiger partial charge in [-0.1, -0.05) is 30.3 Å². The summed E-state index contributed by atoms with van der Waals surface area (Å²) >= 11 is 0. The molecule has 2 aromatic rings. The van der Waals surface area contributed by atoms with E-state index < -0.39 is 0 Å². The third kappa shape index (κ3) is 3.97. The molecule has 0 aromatic heterocycles. The van der Waals surface area contributed by atoms with Crippen LogP contribution in [0.1, 0.15) is 0 Å². The number of hydrogen-bond acceptors (Lipinski definition) is 2. The van der Waals surface area contributed by atoms with E-state index in [0.29, 0.717) is 5.75 Å². The Balaban J connectivity index is 0.00000112. The molecule has 3 heteroatoms. The van der Waals surface area contributed by atoms with Gasteiger partial charge in [0.2, 0.25) is 0 Å². The molecule has 0 aliphatic heterocycles. The minimum Gasteiger partial charge on any atom is -0.872 e. The van der Waals surface area contributed by atoms with Gasteiger partial charge in [0, 0.05) is 0 Å². The molecule has 2 aromatic carbocycles. The van der Waals surface area contributed by atoms with Crippen LogP contribution >= 0.6 is 0 Å². The van der Waals surface area contributed by atoms with Gasteiger partial charge in [0.1, 0.15) is 11.5 Å². The molecule has 0 fully saturated rings. The molecule has 2 nitrogen and oxygen atoms in total. The summed E-state index contributed by atoms with van der Waals surface area (Å²) in [5, 5.41) is 10.8. The van der Waals surface area contributed by atoms with Crippen molar-refractivity contribution in [2.45, 2.75) is 0 Å². The largest absolute Gasteiger partial charge is 1.00 e. The quantitative estimate of drug-likeness (QED) is 0.648. The second kappa shape index (κ2) is 6.30. The fourth-order valence-electron chi connectivity index (χ4n) is 1.13. The standard InChI is InChI=1S/C12H10O2.K/c13-10-6-8-12(9-7-10)14-11-4-2-1-3-5-11;/h1-9,13H;/q;+1/p-1. The molecule has 0 heterocycles. The van der Waals surface area contributed by atoms with Crippen LogP contribution in [0.2, 0.25) is 0 Å². The normalized spacial score (nSPS) is 9.07. The molecule has 0 saturated carbocycles. The molecule has 0 aliphatic carbocycles. The summed E-state index contributed by atoms with van der Waals surface area (Å²) in [6.07, 6.45) is 0. The summed E-state index contributed by atoms with van der Waals surface area (Å²) in [6, 6.07) is 15.7. The van der Waals surface area contributed by atoms with E-state index in [9.17, 15) is 5.11 Å². The van der Waals surface area contributed by atoms with Crippen molar-refractivity contribution in [3.63, 3.8) is 0 Å². The van der Waals surface area contributed by atoms with Crippen molar-refractivity contribution in [1.29, 1.82) is 0 Å².